The van der Waals surface area contributed by atoms with Gasteiger partial charge in [-0.3, -0.25) is 9.48 Å². The van der Waals surface area contributed by atoms with Gasteiger partial charge >= 0.3 is 0 Å². The molecule has 2 rings (SSSR count). The van der Waals surface area contributed by atoms with Gasteiger partial charge in [-0.25, -0.2) is 0 Å². The summed E-state index contributed by atoms with van der Waals surface area (Å²) in [5.41, 5.74) is 2.99. The van der Waals surface area contributed by atoms with Crippen molar-refractivity contribution in [2.24, 2.45) is 7.05 Å². The predicted molar refractivity (Wildman–Crippen MR) is 73.7 cm³/mol. The third kappa shape index (κ3) is 2.52. The molecular formula is C15H18N2O2. The van der Waals surface area contributed by atoms with Crippen LogP contribution in [0.4, 0.5) is 0 Å². The second-order valence-corrected chi connectivity index (χ2v) is 4.46. The third-order valence-electron chi connectivity index (χ3n) is 3.16. The van der Waals surface area contributed by atoms with Gasteiger partial charge in [-0.1, -0.05) is 0 Å². The van der Waals surface area contributed by atoms with E-state index in [2.05, 4.69) is 5.10 Å². The molecule has 0 aliphatic carbocycles. The Bertz CT molecular complexity index is 597. The summed E-state index contributed by atoms with van der Waals surface area (Å²) in [4.78, 5) is 12.5. The lowest BCUT2D eigenvalue weighted by Crippen LogP contribution is -2.05. The lowest BCUT2D eigenvalue weighted by atomic mass is 10.0. The average molecular weight is 258 g/mol. The summed E-state index contributed by atoms with van der Waals surface area (Å²) in [6, 6.07) is 7.22. The summed E-state index contributed by atoms with van der Waals surface area (Å²) in [7, 11) is 1.84. The van der Waals surface area contributed by atoms with Crippen LogP contribution in [0.5, 0.6) is 5.75 Å². The number of aryl methyl sites for hydroxylation is 2. The van der Waals surface area contributed by atoms with E-state index >= 15 is 0 Å². The number of benzene rings is 1. The summed E-state index contributed by atoms with van der Waals surface area (Å²) in [5, 5.41) is 4.28. The molecule has 0 radical (unpaired) electrons. The van der Waals surface area contributed by atoms with E-state index in [1.54, 1.807) is 16.8 Å². The molecule has 0 atom stereocenters. The largest absolute Gasteiger partial charge is 0.494 e. The van der Waals surface area contributed by atoms with Crippen LogP contribution in [-0.4, -0.2) is 22.2 Å². The number of carbonyl (C=O) groups excluding carboxylic acids is 1. The molecule has 0 saturated carbocycles. The SMILES string of the molecule is CCOc1ccc(C(=O)c2c(C)nn(C)c2C)cc1. The van der Waals surface area contributed by atoms with E-state index in [-0.39, 0.29) is 5.78 Å². The van der Waals surface area contributed by atoms with E-state index in [9.17, 15) is 4.79 Å². The van der Waals surface area contributed by atoms with Gasteiger partial charge in [0.15, 0.2) is 5.78 Å². The molecule has 1 heterocycles. The van der Waals surface area contributed by atoms with Crippen molar-refractivity contribution in [3.05, 3.63) is 46.8 Å². The smallest absolute Gasteiger partial charge is 0.196 e. The van der Waals surface area contributed by atoms with Crippen LogP contribution < -0.4 is 4.74 Å². The van der Waals surface area contributed by atoms with E-state index in [0.717, 1.165) is 17.1 Å². The number of hydrogen-bond acceptors (Lipinski definition) is 3. The molecule has 0 bridgehead atoms. The minimum atomic E-state index is 0.00569. The van der Waals surface area contributed by atoms with Gasteiger partial charge in [0.1, 0.15) is 5.75 Å². The van der Waals surface area contributed by atoms with Gasteiger partial charge in [0.05, 0.1) is 17.9 Å². The number of ketones is 1. The fourth-order valence-corrected chi connectivity index (χ4v) is 2.12. The molecule has 1 aromatic heterocycles. The van der Waals surface area contributed by atoms with Crippen molar-refractivity contribution < 1.29 is 9.53 Å². The molecule has 0 fully saturated rings. The quantitative estimate of drug-likeness (QED) is 0.792. The summed E-state index contributed by atoms with van der Waals surface area (Å²) in [5.74, 6) is 0.782. The molecule has 19 heavy (non-hydrogen) atoms. The molecule has 0 saturated heterocycles. The normalized spacial score (nSPS) is 10.5. The maximum absolute atomic E-state index is 12.5. The monoisotopic (exact) mass is 258 g/mol. The highest BCUT2D eigenvalue weighted by Crippen LogP contribution is 2.19. The van der Waals surface area contributed by atoms with E-state index in [1.165, 1.54) is 0 Å². The maximum atomic E-state index is 12.5. The molecule has 0 N–H and O–H groups in total. The van der Waals surface area contributed by atoms with E-state index < -0.39 is 0 Å². The first-order valence-corrected chi connectivity index (χ1v) is 6.32. The lowest BCUT2D eigenvalue weighted by Gasteiger charge is -2.05. The number of nitrogens with zero attached hydrogens (tertiary/aromatic N) is 2. The van der Waals surface area contributed by atoms with Crippen molar-refractivity contribution >= 4 is 5.78 Å². The molecule has 1 aromatic carbocycles. The zero-order chi connectivity index (χ0) is 14.0. The van der Waals surface area contributed by atoms with Gasteiger partial charge in [0.2, 0.25) is 0 Å². The number of rotatable bonds is 4. The highest BCUT2D eigenvalue weighted by Gasteiger charge is 2.18. The average Bonchev–Trinajstić information content (AvgIpc) is 2.64. The molecule has 4 nitrogen and oxygen atoms in total. The molecule has 2 aromatic rings. The molecule has 0 spiro atoms. The van der Waals surface area contributed by atoms with Gasteiger partial charge < -0.3 is 4.74 Å². The van der Waals surface area contributed by atoms with Crippen molar-refractivity contribution in [2.45, 2.75) is 20.8 Å². The van der Waals surface area contributed by atoms with Crippen molar-refractivity contribution in [3.8, 4) is 5.75 Å². The molecule has 0 amide bonds. The Morgan fingerprint density at radius 3 is 2.37 bits per heavy atom. The molecule has 4 heteroatoms. The topological polar surface area (TPSA) is 44.1 Å². The van der Waals surface area contributed by atoms with Crippen LogP contribution in [0, 0.1) is 13.8 Å². The van der Waals surface area contributed by atoms with E-state index in [1.807, 2.05) is 40.0 Å². The second kappa shape index (κ2) is 5.26. The zero-order valence-electron chi connectivity index (χ0n) is 11.7. The highest BCUT2D eigenvalue weighted by atomic mass is 16.5. The number of ether oxygens (including phenoxy) is 1. The van der Waals surface area contributed by atoms with Crippen LogP contribution in [0.1, 0.15) is 34.2 Å². The van der Waals surface area contributed by atoms with Crippen LogP contribution in [0.15, 0.2) is 24.3 Å². The summed E-state index contributed by atoms with van der Waals surface area (Å²) in [6.07, 6.45) is 0. The first kappa shape index (κ1) is 13.3. The number of carbonyl (C=O) groups is 1. The predicted octanol–water partition coefficient (Wildman–Crippen LogP) is 2.67. The van der Waals surface area contributed by atoms with Gasteiger partial charge in [-0.2, -0.15) is 5.10 Å². The number of hydrogen-bond donors (Lipinski definition) is 0. The summed E-state index contributed by atoms with van der Waals surface area (Å²) < 4.78 is 7.10. The molecule has 100 valence electrons. The van der Waals surface area contributed by atoms with Crippen molar-refractivity contribution in [1.82, 2.24) is 9.78 Å². The first-order valence-electron chi connectivity index (χ1n) is 6.32. The van der Waals surface area contributed by atoms with Crippen LogP contribution in [0.2, 0.25) is 0 Å². The van der Waals surface area contributed by atoms with Gasteiger partial charge in [0, 0.05) is 18.3 Å². The zero-order valence-corrected chi connectivity index (χ0v) is 11.7. The molecule has 0 unspecified atom stereocenters. The lowest BCUT2D eigenvalue weighted by molar-refractivity contribution is 0.103. The minimum absolute atomic E-state index is 0.00569. The summed E-state index contributed by atoms with van der Waals surface area (Å²) in [6.45, 7) is 6.31. The van der Waals surface area contributed by atoms with Gasteiger partial charge in [0.25, 0.3) is 0 Å². The standard InChI is InChI=1S/C15H18N2O2/c1-5-19-13-8-6-12(7-9-13)15(18)14-10(2)16-17(4)11(14)3/h6-9H,5H2,1-4H3. The minimum Gasteiger partial charge on any atom is -0.494 e. The Labute approximate surface area is 113 Å². The van der Waals surface area contributed by atoms with E-state index in [4.69, 9.17) is 4.74 Å². The van der Waals surface area contributed by atoms with Crippen LogP contribution >= 0.6 is 0 Å². The fraction of sp³-hybridized carbons (Fsp3) is 0.333. The fourth-order valence-electron chi connectivity index (χ4n) is 2.12. The Balaban J connectivity index is 2.33. The van der Waals surface area contributed by atoms with Crippen molar-refractivity contribution in [1.29, 1.82) is 0 Å². The van der Waals surface area contributed by atoms with Crippen LogP contribution in [-0.2, 0) is 7.05 Å². The van der Waals surface area contributed by atoms with Crippen LogP contribution in [0.25, 0.3) is 0 Å². The van der Waals surface area contributed by atoms with Gasteiger partial charge in [-0.15, -0.1) is 0 Å². The van der Waals surface area contributed by atoms with Crippen molar-refractivity contribution in [2.75, 3.05) is 6.61 Å². The number of aromatic nitrogens is 2. The Kier molecular flexibility index (Phi) is 3.69. The molecule has 0 aliphatic rings. The first-order chi connectivity index (χ1) is 9.04. The van der Waals surface area contributed by atoms with Crippen LogP contribution in [0.3, 0.4) is 0 Å². The van der Waals surface area contributed by atoms with E-state index in [0.29, 0.717) is 17.7 Å². The third-order valence-corrected chi connectivity index (χ3v) is 3.16. The molecular weight excluding hydrogens is 240 g/mol. The Hall–Kier alpha value is -2.10. The second-order valence-electron chi connectivity index (χ2n) is 4.46. The Morgan fingerprint density at radius 2 is 1.89 bits per heavy atom. The Morgan fingerprint density at radius 1 is 1.26 bits per heavy atom. The van der Waals surface area contributed by atoms with Crippen molar-refractivity contribution in [3.63, 3.8) is 0 Å². The summed E-state index contributed by atoms with van der Waals surface area (Å²) >= 11 is 0. The highest BCUT2D eigenvalue weighted by molar-refractivity contribution is 6.10. The van der Waals surface area contributed by atoms with Gasteiger partial charge in [-0.05, 0) is 45.0 Å². The maximum Gasteiger partial charge on any atom is 0.196 e. The molecule has 0 aliphatic heterocycles.